The predicted octanol–water partition coefficient (Wildman–Crippen LogP) is 0.0932. The highest BCUT2D eigenvalue weighted by Crippen LogP contribution is 2.27. The molecule has 0 aromatic carbocycles. The van der Waals surface area contributed by atoms with Crippen LogP contribution in [0.2, 0.25) is 0 Å². The number of primary amides is 1. The number of rotatable bonds is 10. The smallest absolute Gasteiger partial charge is 0.234 e. The lowest BCUT2D eigenvalue weighted by Crippen LogP contribution is -2.45. The number of amides is 1. The van der Waals surface area contributed by atoms with Crippen molar-refractivity contribution in [3.8, 4) is 0 Å². The Morgan fingerprint density at radius 3 is 2.61 bits per heavy atom. The number of carbonyl (C=O) groups is 1. The predicted molar refractivity (Wildman–Crippen MR) is 70.2 cm³/mol. The SMILES string of the molecule is COCCN(CCC(NC1CC1)C(N)=O)C1CC1. The molecule has 2 aliphatic rings. The number of hydrogen-bond acceptors (Lipinski definition) is 4. The molecule has 2 rings (SSSR count). The minimum absolute atomic E-state index is 0.165. The van der Waals surface area contributed by atoms with Crippen LogP contribution in [0.4, 0.5) is 0 Å². The van der Waals surface area contributed by atoms with E-state index in [1.807, 2.05) is 0 Å². The summed E-state index contributed by atoms with van der Waals surface area (Å²) in [4.78, 5) is 13.8. The summed E-state index contributed by atoms with van der Waals surface area (Å²) in [7, 11) is 1.73. The van der Waals surface area contributed by atoms with E-state index in [0.29, 0.717) is 12.1 Å². The molecular formula is C13H25N3O2. The van der Waals surface area contributed by atoms with Crippen molar-refractivity contribution in [3.05, 3.63) is 0 Å². The standard InChI is InChI=1S/C13H25N3O2/c1-18-9-8-16(11-4-5-11)7-6-12(13(14)17)15-10-2-3-10/h10-12,15H,2-9H2,1H3,(H2,14,17). The quantitative estimate of drug-likeness (QED) is 0.581. The van der Waals surface area contributed by atoms with Crippen molar-refractivity contribution in [1.29, 1.82) is 0 Å². The second kappa shape index (κ2) is 6.50. The van der Waals surface area contributed by atoms with Crippen molar-refractivity contribution in [3.63, 3.8) is 0 Å². The van der Waals surface area contributed by atoms with Crippen LogP contribution in [0.1, 0.15) is 32.1 Å². The first-order valence-electron chi connectivity index (χ1n) is 6.99. The molecule has 0 aromatic rings. The van der Waals surface area contributed by atoms with Gasteiger partial charge in [0.1, 0.15) is 0 Å². The number of carbonyl (C=O) groups excluding carboxylic acids is 1. The molecular weight excluding hydrogens is 230 g/mol. The van der Waals surface area contributed by atoms with Crippen LogP contribution >= 0.6 is 0 Å². The van der Waals surface area contributed by atoms with Gasteiger partial charge in [0.05, 0.1) is 12.6 Å². The van der Waals surface area contributed by atoms with Crippen molar-refractivity contribution < 1.29 is 9.53 Å². The Morgan fingerprint density at radius 1 is 1.39 bits per heavy atom. The van der Waals surface area contributed by atoms with Gasteiger partial charge in [-0.3, -0.25) is 9.69 Å². The lowest BCUT2D eigenvalue weighted by atomic mass is 10.2. The summed E-state index contributed by atoms with van der Waals surface area (Å²) in [6.45, 7) is 2.64. The first kappa shape index (κ1) is 13.8. The molecule has 1 atom stereocenters. The van der Waals surface area contributed by atoms with E-state index >= 15 is 0 Å². The average Bonchev–Trinajstić information content (AvgIpc) is 3.20. The number of nitrogens with one attached hydrogen (secondary N) is 1. The molecule has 1 unspecified atom stereocenters. The fourth-order valence-corrected chi connectivity index (χ4v) is 2.26. The lowest BCUT2D eigenvalue weighted by molar-refractivity contribution is -0.120. The van der Waals surface area contributed by atoms with Crippen molar-refractivity contribution in [2.45, 2.75) is 50.2 Å². The van der Waals surface area contributed by atoms with Crippen LogP contribution in [0.25, 0.3) is 0 Å². The molecule has 0 aliphatic heterocycles. The van der Waals surface area contributed by atoms with Crippen LogP contribution in [0, 0.1) is 0 Å². The van der Waals surface area contributed by atoms with E-state index in [1.54, 1.807) is 7.11 Å². The minimum atomic E-state index is -0.218. The van der Waals surface area contributed by atoms with Gasteiger partial charge < -0.3 is 15.8 Å². The van der Waals surface area contributed by atoms with Gasteiger partial charge in [-0.05, 0) is 32.1 Å². The molecule has 18 heavy (non-hydrogen) atoms. The molecule has 5 nitrogen and oxygen atoms in total. The normalized spacial score (nSPS) is 21.2. The summed E-state index contributed by atoms with van der Waals surface area (Å²) in [6.07, 6.45) is 5.73. The van der Waals surface area contributed by atoms with Crippen LogP contribution in [0.5, 0.6) is 0 Å². The summed E-state index contributed by atoms with van der Waals surface area (Å²) in [5.41, 5.74) is 5.45. The van der Waals surface area contributed by atoms with Gasteiger partial charge in [0.25, 0.3) is 0 Å². The van der Waals surface area contributed by atoms with Gasteiger partial charge in [-0.2, -0.15) is 0 Å². The number of hydrogen-bond donors (Lipinski definition) is 2. The Morgan fingerprint density at radius 2 is 2.11 bits per heavy atom. The van der Waals surface area contributed by atoms with Crippen LogP contribution in [0.3, 0.4) is 0 Å². The molecule has 2 saturated carbocycles. The maximum absolute atomic E-state index is 11.4. The Hall–Kier alpha value is -0.650. The largest absolute Gasteiger partial charge is 0.383 e. The molecule has 1 amide bonds. The van der Waals surface area contributed by atoms with Crippen molar-refractivity contribution in [2.24, 2.45) is 5.73 Å². The van der Waals surface area contributed by atoms with Crippen LogP contribution in [-0.4, -0.2) is 55.7 Å². The Bertz CT molecular complexity index is 277. The van der Waals surface area contributed by atoms with Gasteiger partial charge in [-0.15, -0.1) is 0 Å². The second-order valence-electron chi connectivity index (χ2n) is 5.44. The molecule has 0 saturated heterocycles. The summed E-state index contributed by atoms with van der Waals surface area (Å²) >= 11 is 0. The van der Waals surface area contributed by atoms with Gasteiger partial charge in [0.15, 0.2) is 0 Å². The number of methoxy groups -OCH3 is 1. The zero-order valence-electron chi connectivity index (χ0n) is 11.2. The monoisotopic (exact) mass is 255 g/mol. The van der Waals surface area contributed by atoms with Gasteiger partial charge in [-0.25, -0.2) is 0 Å². The van der Waals surface area contributed by atoms with Gasteiger partial charge in [0, 0.05) is 32.3 Å². The summed E-state index contributed by atoms with van der Waals surface area (Å²) in [6, 6.07) is 1.06. The van der Waals surface area contributed by atoms with Gasteiger partial charge >= 0.3 is 0 Å². The zero-order chi connectivity index (χ0) is 13.0. The van der Waals surface area contributed by atoms with E-state index in [4.69, 9.17) is 10.5 Å². The molecule has 0 spiro atoms. The molecule has 5 heteroatoms. The molecule has 3 N–H and O–H groups in total. The third-order valence-corrected chi connectivity index (χ3v) is 3.71. The Labute approximate surface area is 109 Å². The number of nitrogens with two attached hydrogens (primary N) is 1. The molecule has 0 radical (unpaired) electrons. The van der Waals surface area contributed by atoms with E-state index < -0.39 is 0 Å². The second-order valence-corrected chi connectivity index (χ2v) is 5.44. The summed E-state index contributed by atoms with van der Waals surface area (Å²) in [5, 5.41) is 3.33. The van der Waals surface area contributed by atoms with Crippen LogP contribution in [0.15, 0.2) is 0 Å². The van der Waals surface area contributed by atoms with Crippen LogP contribution in [-0.2, 0) is 9.53 Å². The first-order valence-corrected chi connectivity index (χ1v) is 6.99. The molecule has 2 fully saturated rings. The number of ether oxygens (including phenoxy) is 1. The molecule has 104 valence electrons. The van der Waals surface area contributed by atoms with Gasteiger partial charge in [-0.1, -0.05) is 0 Å². The summed E-state index contributed by atoms with van der Waals surface area (Å²) in [5.74, 6) is -0.218. The van der Waals surface area contributed by atoms with E-state index in [9.17, 15) is 4.79 Å². The van der Waals surface area contributed by atoms with Gasteiger partial charge in [0.2, 0.25) is 5.91 Å². The lowest BCUT2D eigenvalue weighted by Gasteiger charge is -2.24. The topological polar surface area (TPSA) is 67.6 Å². The zero-order valence-corrected chi connectivity index (χ0v) is 11.2. The minimum Gasteiger partial charge on any atom is -0.383 e. The molecule has 0 bridgehead atoms. The van der Waals surface area contributed by atoms with E-state index in [2.05, 4.69) is 10.2 Å². The number of nitrogens with zero attached hydrogens (tertiary/aromatic N) is 1. The third kappa shape index (κ3) is 4.55. The molecule has 0 heterocycles. The highest BCUT2D eigenvalue weighted by atomic mass is 16.5. The molecule has 0 aromatic heterocycles. The maximum atomic E-state index is 11.4. The third-order valence-electron chi connectivity index (χ3n) is 3.71. The first-order chi connectivity index (χ1) is 8.70. The maximum Gasteiger partial charge on any atom is 0.234 e. The average molecular weight is 255 g/mol. The van der Waals surface area contributed by atoms with Crippen molar-refractivity contribution in [1.82, 2.24) is 10.2 Å². The molecule has 2 aliphatic carbocycles. The summed E-state index contributed by atoms with van der Waals surface area (Å²) < 4.78 is 5.13. The Kier molecular flexibility index (Phi) is 4.97. The fraction of sp³-hybridized carbons (Fsp3) is 0.923. The fourth-order valence-electron chi connectivity index (χ4n) is 2.26. The highest BCUT2D eigenvalue weighted by Gasteiger charge is 2.31. The van der Waals surface area contributed by atoms with E-state index in [0.717, 1.165) is 26.1 Å². The highest BCUT2D eigenvalue weighted by molar-refractivity contribution is 5.79. The Balaban J connectivity index is 1.72. The van der Waals surface area contributed by atoms with Crippen LogP contribution < -0.4 is 11.1 Å². The van der Waals surface area contributed by atoms with Crippen molar-refractivity contribution in [2.75, 3.05) is 26.8 Å². The van der Waals surface area contributed by atoms with E-state index in [1.165, 1.54) is 25.7 Å². The van der Waals surface area contributed by atoms with Crippen molar-refractivity contribution >= 4 is 5.91 Å². The van der Waals surface area contributed by atoms with E-state index in [-0.39, 0.29) is 11.9 Å².